The highest BCUT2D eigenvalue weighted by Crippen LogP contribution is 2.31. The Morgan fingerprint density at radius 1 is 1.12 bits per heavy atom. The molecule has 2 fully saturated rings. The number of sulfonamides is 1. The van der Waals surface area contributed by atoms with Crippen LogP contribution in [0.1, 0.15) is 38.5 Å². The topological polar surface area (TPSA) is 74.7 Å². The number of rotatable bonds is 3. The first kappa shape index (κ1) is 11.9. The molecule has 0 amide bonds. The minimum atomic E-state index is -3.38. The highest BCUT2D eigenvalue weighted by molar-refractivity contribution is 7.89. The van der Waals surface area contributed by atoms with Crippen LogP contribution in [0.5, 0.6) is 0 Å². The van der Waals surface area contributed by atoms with Crippen LogP contribution < -0.4 is 0 Å². The summed E-state index contributed by atoms with van der Waals surface area (Å²) in [5.41, 5.74) is 0. The zero-order valence-electron chi connectivity index (χ0n) is 9.13. The van der Waals surface area contributed by atoms with Gasteiger partial charge >= 0.3 is 5.97 Å². The number of carbonyl (C=O) groups is 1. The fraction of sp³-hybridized carbons (Fsp3) is 0.900. The lowest BCUT2D eigenvalue weighted by Crippen LogP contribution is -2.44. The largest absolute Gasteiger partial charge is 0.480 e. The lowest BCUT2D eigenvalue weighted by molar-refractivity contribution is -0.140. The van der Waals surface area contributed by atoms with Gasteiger partial charge in [0, 0.05) is 6.54 Å². The fourth-order valence-corrected chi connectivity index (χ4v) is 4.92. The van der Waals surface area contributed by atoms with Crippen LogP contribution in [-0.2, 0) is 14.8 Å². The van der Waals surface area contributed by atoms with E-state index in [1.54, 1.807) is 0 Å². The van der Waals surface area contributed by atoms with Gasteiger partial charge in [0.15, 0.2) is 0 Å². The van der Waals surface area contributed by atoms with Gasteiger partial charge in [0.05, 0.1) is 5.25 Å². The third-order valence-corrected chi connectivity index (χ3v) is 5.94. The number of nitrogens with zero attached hydrogens (tertiary/aromatic N) is 1. The molecule has 0 radical (unpaired) electrons. The number of aliphatic carboxylic acids is 1. The van der Waals surface area contributed by atoms with E-state index in [-0.39, 0.29) is 5.25 Å². The molecule has 1 heterocycles. The molecule has 1 N–H and O–H groups in total. The van der Waals surface area contributed by atoms with Crippen molar-refractivity contribution in [1.82, 2.24) is 4.31 Å². The Labute approximate surface area is 95.5 Å². The maximum Gasteiger partial charge on any atom is 0.322 e. The van der Waals surface area contributed by atoms with Gasteiger partial charge in [-0.2, -0.15) is 4.31 Å². The molecule has 5 nitrogen and oxygen atoms in total. The van der Waals surface area contributed by atoms with Crippen LogP contribution in [0, 0.1) is 0 Å². The van der Waals surface area contributed by atoms with Crippen molar-refractivity contribution in [3.63, 3.8) is 0 Å². The molecule has 1 saturated heterocycles. The third kappa shape index (κ3) is 1.96. The molecule has 6 heteroatoms. The van der Waals surface area contributed by atoms with Crippen molar-refractivity contribution in [2.75, 3.05) is 6.54 Å². The van der Waals surface area contributed by atoms with Gasteiger partial charge in [-0.3, -0.25) is 4.79 Å². The average Bonchev–Trinajstić information content (AvgIpc) is 2.89. The van der Waals surface area contributed by atoms with Crippen molar-refractivity contribution in [3.05, 3.63) is 0 Å². The fourth-order valence-electron chi connectivity index (χ4n) is 2.67. The number of hydrogen-bond acceptors (Lipinski definition) is 3. The van der Waals surface area contributed by atoms with Crippen molar-refractivity contribution in [2.24, 2.45) is 0 Å². The molecule has 0 aromatic heterocycles. The van der Waals surface area contributed by atoms with Crippen LogP contribution in [0.4, 0.5) is 0 Å². The summed E-state index contributed by atoms with van der Waals surface area (Å²) in [5, 5.41) is 8.64. The van der Waals surface area contributed by atoms with Crippen LogP contribution in [0.3, 0.4) is 0 Å². The van der Waals surface area contributed by atoms with Gasteiger partial charge in [0.1, 0.15) is 6.04 Å². The van der Waals surface area contributed by atoms with E-state index >= 15 is 0 Å². The predicted molar refractivity (Wildman–Crippen MR) is 58.5 cm³/mol. The second-order valence-corrected chi connectivity index (χ2v) is 6.72. The lowest BCUT2D eigenvalue weighted by Gasteiger charge is -2.24. The van der Waals surface area contributed by atoms with Gasteiger partial charge < -0.3 is 5.11 Å². The highest BCUT2D eigenvalue weighted by atomic mass is 32.2. The van der Waals surface area contributed by atoms with Crippen molar-refractivity contribution >= 4 is 16.0 Å². The van der Waals surface area contributed by atoms with Gasteiger partial charge in [-0.1, -0.05) is 12.8 Å². The Bertz CT molecular complexity index is 372. The van der Waals surface area contributed by atoms with E-state index in [1.165, 1.54) is 4.31 Å². The summed E-state index contributed by atoms with van der Waals surface area (Å²) < 4.78 is 25.6. The summed E-state index contributed by atoms with van der Waals surface area (Å²) in [6.07, 6.45) is 4.35. The maximum absolute atomic E-state index is 12.2. The second-order valence-electron chi connectivity index (χ2n) is 4.56. The van der Waals surface area contributed by atoms with Crippen molar-refractivity contribution in [1.29, 1.82) is 0 Å². The summed E-state index contributed by atoms with van der Waals surface area (Å²) in [6.45, 7) is 0.371. The molecule has 1 aliphatic carbocycles. The van der Waals surface area contributed by atoms with E-state index in [2.05, 4.69) is 0 Å². The van der Waals surface area contributed by atoms with Gasteiger partial charge in [-0.15, -0.1) is 0 Å². The predicted octanol–water partition coefficient (Wildman–Crippen LogP) is 0.808. The Kier molecular flexibility index (Phi) is 3.21. The van der Waals surface area contributed by atoms with Crippen molar-refractivity contribution in [3.8, 4) is 0 Å². The zero-order chi connectivity index (χ0) is 11.8. The monoisotopic (exact) mass is 247 g/mol. The van der Waals surface area contributed by atoms with Gasteiger partial charge in [-0.25, -0.2) is 8.42 Å². The lowest BCUT2D eigenvalue weighted by atomic mass is 10.2. The first-order valence-corrected chi connectivity index (χ1v) is 7.27. The van der Waals surface area contributed by atoms with Crippen LogP contribution in [0.2, 0.25) is 0 Å². The minimum Gasteiger partial charge on any atom is -0.480 e. The smallest absolute Gasteiger partial charge is 0.322 e. The molecule has 16 heavy (non-hydrogen) atoms. The number of hydrogen-bond donors (Lipinski definition) is 1. The molecule has 1 saturated carbocycles. The SMILES string of the molecule is O=C(O)C1CCCN1S(=O)(=O)C1CCCC1. The first-order chi connectivity index (χ1) is 7.53. The highest BCUT2D eigenvalue weighted by Gasteiger charge is 2.42. The Morgan fingerprint density at radius 3 is 2.31 bits per heavy atom. The van der Waals surface area contributed by atoms with Gasteiger partial charge in [0.2, 0.25) is 10.0 Å². The number of carboxylic acids is 1. The Morgan fingerprint density at radius 2 is 1.75 bits per heavy atom. The van der Waals surface area contributed by atoms with Gasteiger partial charge in [-0.05, 0) is 25.7 Å². The van der Waals surface area contributed by atoms with Crippen LogP contribution in [0.25, 0.3) is 0 Å². The molecule has 92 valence electrons. The van der Waals surface area contributed by atoms with E-state index in [1.807, 2.05) is 0 Å². The average molecular weight is 247 g/mol. The van der Waals surface area contributed by atoms with Crippen LogP contribution in [0.15, 0.2) is 0 Å². The quantitative estimate of drug-likeness (QED) is 0.800. The maximum atomic E-state index is 12.2. The van der Waals surface area contributed by atoms with E-state index in [9.17, 15) is 13.2 Å². The molecule has 0 bridgehead atoms. The zero-order valence-corrected chi connectivity index (χ0v) is 9.95. The van der Waals surface area contributed by atoms with Crippen molar-refractivity contribution in [2.45, 2.75) is 49.8 Å². The third-order valence-electron chi connectivity index (χ3n) is 3.54. The number of carboxylic acid groups (broad SMARTS) is 1. The molecule has 1 atom stereocenters. The molecular formula is C10H17NO4S. The molecule has 1 unspecified atom stereocenters. The second kappa shape index (κ2) is 4.33. The van der Waals surface area contributed by atoms with E-state index in [4.69, 9.17) is 5.11 Å². The van der Waals surface area contributed by atoms with Crippen LogP contribution >= 0.6 is 0 Å². The van der Waals surface area contributed by atoms with E-state index < -0.39 is 22.0 Å². The molecule has 0 aromatic carbocycles. The Hall–Kier alpha value is -0.620. The normalized spacial score (nSPS) is 28.6. The summed E-state index contributed by atoms with van der Waals surface area (Å²) in [7, 11) is -3.38. The first-order valence-electron chi connectivity index (χ1n) is 5.77. The van der Waals surface area contributed by atoms with E-state index in [0.29, 0.717) is 32.2 Å². The van der Waals surface area contributed by atoms with Crippen LogP contribution in [-0.4, -0.2) is 41.6 Å². The van der Waals surface area contributed by atoms with E-state index in [0.717, 1.165) is 12.8 Å². The molecule has 0 aromatic rings. The molecule has 1 aliphatic heterocycles. The standard InChI is InChI=1S/C10H17NO4S/c12-10(13)9-6-3-7-11(9)16(14,15)8-4-1-2-5-8/h8-9H,1-7H2,(H,12,13). The molecule has 2 aliphatic rings. The Balaban J connectivity index is 2.19. The molecule has 2 rings (SSSR count). The summed E-state index contributed by atoms with van der Waals surface area (Å²) in [6, 6.07) is -0.828. The van der Waals surface area contributed by atoms with Gasteiger partial charge in [0.25, 0.3) is 0 Å². The summed E-state index contributed by atoms with van der Waals surface area (Å²) in [5.74, 6) is -1.01. The molecular weight excluding hydrogens is 230 g/mol. The minimum absolute atomic E-state index is 0.340. The van der Waals surface area contributed by atoms with Crippen molar-refractivity contribution < 1.29 is 18.3 Å². The summed E-state index contributed by atoms with van der Waals surface area (Å²) in [4.78, 5) is 11.0. The summed E-state index contributed by atoms with van der Waals surface area (Å²) >= 11 is 0. The molecule has 0 spiro atoms.